The van der Waals surface area contributed by atoms with Gasteiger partial charge in [0.1, 0.15) is 0 Å². The van der Waals surface area contributed by atoms with Crippen LogP contribution in [0.3, 0.4) is 0 Å². The third kappa shape index (κ3) is 1.46. The summed E-state index contributed by atoms with van der Waals surface area (Å²) in [6.45, 7) is 0.600. The predicted molar refractivity (Wildman–Crippen MR) is 68.4 cm³/mol. The summed E-state index contributed by atoms with van der Waals surface area (Å²) in [7, 11) is 0. The first-order valence-electron chi connectivity index (χ1n) is 5.88. The fourth-order valence-electron chi connectivity index (χ4n) is 2.57. The zero-order chi connectivity index (χ0) is 11.0. The van der Waals surface area contributed by atoms with Gasteiger partial charge in [0.2, 0.25) is 0 Å². The molecule has 0 unspecified atom stereocenters. The molecule has 1 aromatic carbocycles. The minimum atomic E-state index is 0.600. The zero-order valence-electron chi connectivity index (χ0n) is 9.29. The molecule has 1 heterocycles. The lowest BCUT2D eigenvalue weighted by atomic mass is 10.1. The summed E-state index contributed by atoms with van der Waals surface area (Å²) in [6.07, 6.45) is 7.80. The third-order valence-corrected chi connectivity index (χ3v) is 3.32. The second-order valence-corrected chi connectivity index (χ2v) is 4.38. The number of aromatic nitrogens is 1. The fourth-order valence-corrected chi connectivity index (χ4v) is 2.57. The molecule has 2 heteroatoms. The van der Waals surface area contributed by atoms with Gasteiger partial charge in [0.05, 0.1) is 0 Å². The minimum absolute atomic E-state index is 0.600. The van der Waals surface area contributed by atoms with E-state index in [9.17, 15) is 0 Å². The average molecular weight is 212 g/mol. The van der Waals surface area contributed by atoms with Crippen molar-refractivity contribution in [2.24, 2.45) is 5.73 Å². The van der Waals surface area contributed by atoms with Crippen LogP contribution in [0.5, 0.6) is 0 Å². The molecule has 3 rings (SSSR count). The Kier molecular flexibility index (Phi) is 2.29. The number of aryl methyl sites for hydroxylation is 2. The molecular weight excluding hydrogens is 196 g/mol. The van der Waals surface area contributed by atoms with E-state index in [0.29, 0.717) is 6.54 Å². The molecule has 0 amide bonds. The number of hydrogen-bond acceptors (Lipinski definition) is 1. The number of nitrogens with two attached hydrogens (primary N) is 1. The Morgan fingerprint density at radius 1 is 1.31 bits per heavy atom. The van der Waals surface area contributed by atoms with Crippen LogP contribution >= 0.6 is 0 Å². The molecule has 1 aromatic heterocycles. The lowest BCUT2D eigenvalue weighted by molar-refractivity contribution is 0.899. The average Bonchev–Trinajstić information content (AvgIpc) is 2.86. The summed E-state index contributed by atoms with van der Waals surface area (Å²) in [5.41, 5.74) is 10.9. The Labute approximate surface area is 95.2 Å². The van der Waals surface area contributed by atoms with Gasteiger partial charge in [-0.1, -0.05) is 18.2 Å². The highest BCUT2D eigenvalue weighted by Gasteiger charge is 2.16. The SMILES string of the molecule is NC/C=C/c1ccc2[nH]c3c(c2c1)CCC3. The van der Waals surface area contributed by atoms with E-state index in [1.54, 1.807) is 0 Å². The molecule has 0 aliphatic heterocycles. The van der Waals surface area contributed by atoms with E-state index >= 15 is 0 Å². The van der Waals surface area contributed by atoms with Gasteiger partial charge in [-0.05, 0) is 42.5 Å². The summed E-state index contributed by atoms with van der Waals surface area (Å²) in [4.78, 5) is 3.51. The maximum Gasteiger partial charge on any atom is 0.0459 e. The molecule has 1 aliphatic rings. The van der Waals surface area contributed by atoms with Crippen molar-refractivity contribution < 1.29 is 0 Å². The van der Waals surface area contributed by atoms with Crippen molar-refractivity contribution >= 4 is 17.0 Å². The lowest BCUT2D eigenvalue weighted by Gasteiger charge is -1.97. The Morgan fingerprint density at radius 3 is 3.12 bits per heavy atom. The molecule has 3 N–H and O–H groups in total. The van der Waals surface area contributed by atoms with Crippen molar-refractivity contribution in [1.29, 1.82) is 0 Å². The normalized spacial score (nSPS) is 15.1. The highest BCUT2D eigenvalue weighted by molar-refractivity contribution is 5.87. The van der Waals surface area contributed by atoms with Gasteiger partial charge < -0.3 is 10.7 Å². The van der Waals surface area contributed by atoms with Crippen LogP contribution in [-0.2, 0) is 12.8 Å². The summed E-state index contributed by atoms with van der Waals surface area (Å²) in [5.74, 6) is 0. The quantitative estimate of drug-likeness (QED) is 0.789. The van der Waals surface area contributed by atoms with Crippen molar-refractivity contribution in [2.75, 3.05) is 6.54 Å². The Morgan fingerprint density at radius 2 is 2.25 bits per heavy atom. The smallest absolute Gasteiger partial charge is 0.0459 e. The van der Waals surface area contributed by atoms with E-state index in [-0.39, 0.29) is 0 Å². The molecule has 1 aliphatic carbocycles. The number of rotatable bonds is 2. The van der Waals surface area contributed by atoms with E-state index in [0.717, 1.165) is 0 Å². The van der Waals surface area contributed by atoms with Crippen molar-refractivity contribution in [3.05, 3.63) is 41.1 Å². The molecule has 16 heavy (non-hydrogen) atoms. The highest BCUT2D eigenvalue weighted by atomic mass is 14.7. The van der Waals surface area contributed by atoms with E-state index in [4.69, 9.17) is 5.73 Å². The standard InChI is InChI=1S/C14H16N2/c15-8-2-3-10-6-7-14-12(9-10)11-4-1-5-13(11)16-14/h2-3,6-7,9,16H,1,4-5,8,15H2/b3-2+. The Balaban J connectivity index is 2.12. The third-order valence-electron chi connectivity index (χ3n) is 3.32. The van der Waals surface area contributed by atoms with E-state index < -0.39 is 0 Å². The van der Waals surface area contributed by atoms with Crippen molar-refractivity contribution in [1.82, 2.24) is 4.98 Å². The topological polar surface area (TPSA) is 41.8 Å². The number of nitrogens with one attached hydrogen (secondary N) is 1. The number of hydrogen-bond donors (Lipinski definition) is 2. The minimum Gasteiger partial charge on any atom is -0.358 e. The summed E-state index contributed by atoms with van der Waals surface area (Å²) < 4.78 is 0. The van der Waals surface area contributed by atoms with Gasteiger partial charge in [-0.25, -0.2) is 0 Å². The van der Waals surface area contributed by atoms with Gasteiger partial charge in [0.15, 0.2) is 0 Å². The first-order chi connectivity index (χ1) is 7.88. The Hall–Kier alpha value is -1.54. The van der Waals surface area contributed by atoms with E-state index in [1.807, 2.05) is 6.08 Å². The number of benzene rings is 1. The lowest BCUT2D eigenvalue weighted by Crippen LogP contribution is -1.91. The summed E-state index contributed by atoms with van der Waals surface area (Å²) in [5, 5.41) is 1.40. The molecule has 82 valence electrons. The molecule has 0 radical (unpaired) electrons. The van der Waals surface area contributed by atoms with Gasteiger partial charge in [-0.2, -0.15) is 0 Å². The molecular formula is C14H16N2. The van der Waals surface area contributed by atoms with Gasteiger partial charge >= 0.3 is 0 Å². The number of aromatic amines is 1. The molecule has 2 aromatic rings. The van der Waals surface area contributed by atoms with Crippen LogP contribution in [0.25, 0.3) is 17.0 Å². The molecule has 0 bridgehead atoms. The fraction of sp³-hybridized carbons (Fsp3) is 0.286. The van der Waals surface area contributed by atoms with Crippen LogP contribution in [0.15, 0.2) is 24.3 Å². The summed E-state index contributed by atoms with van der Waals surface area (Å²) in [6, 6.07) is 6.58. The van der Waals surface area contributed by atoms with Gasteiger partial charge in [-0.3, -0.25) is 0 Å². The first kappa shape index (κ1) is 9.67. The molecule has 0 fully saturated rings. The van der Waals surface area contributed by atoms with Crippen LogP contribution in [0.4, 0.5) is 0 Å². The number of H-pyrrole nitrogens is 1. The van der Waals surface area contributed by atoms with Crippen molar-refractivity contribution in [3.8, 4) is 0 Å². The van der Waals surface area contributed by atoms with Crippen LogP contribution in [0.2, 0.25) is 0 Å². The van der Waals surface area contributed by atoms with E-state index in [2.05, 4.69) is 29.3 Å². The van der Waals surface area contributed by atoms with E-state index in [1.165, 1.54) is 47.0 Å². The molecule has 0 saturated carbocycles. The molecule has 0 spiro atoms. The predicted octanol–water partition coefficient (Wildman–Crippen LogP) is 2.63. The molecule has 2 nitrogen and oxygen atoms in total. The van der Waals surface area contributed by atoms with Gasteiger partial charge in [-0.15, -0.1) is 0 Å². The zero-order valence-corrected chi connectivity index (χ0v) is 9.29. The van der Waals surface area contributed by atoms with Crippen molar-refractivity contribution in [3.63, 3.8) is 0 Å². The Bertz CT molecular complexity index is 549. The van der Waals surface area contributed by atoms with Crippen LogP contribution in [0, 0.1) is 0 Å². The van der Waals surface area contributed by atoms with Gasteiger partial charge in [0, 0.05) is 23.1 Å². The second-order valence-electron chi connectivity index (χ2n) is 4.38. The van der Waals surface area contributed by atoms with Crippen molar-refractivity contribution in [2.45, 2.75) is 19.3 Å². The second kappa shape index (κ2) is 3.80. The highest BCUT2D eigenvalue weighted by Crippen LogP contribution is 2.30. The van der Waals surface area contributed by atoms with Crippen LogP contribution in [0.1, 0.15) is 23.2 Å². The largest absolute Gasteiger partial charge is 0.358 e. The molecule has 0 atom stereocenters. The first-order valence-corrected chi connectivity index (χ1v) is 5.88. The van der Waals surface area contributed by atoms with Crippen LogP contribution in [-0.4, -0.2) is 11.5 Å². The van der Waals surface area contributed by atoms with Crippen LogP contribution < -0.4 is 5.73 Å². The molecule has 0 saturated heterocycles. The van der Waals surface area contributed by atoms with Gasteiger partial charge in [0.25, 0.3) is 0 Å². The summed E-state index contributed by atoms with van der Waals surface area (Å²) >= 11 is 0. The monoisotopic (exact) mass is 212 g/mol. The maximum absolute atomic E-state index is 5.47. The number of fused-ring (bicyclic) bond motifs is 3. The maximum atomic E-state index is 5.47.